The molecule has 15 heavy (non-hydrogen) atoms. The van der Waals surface area contributed by atoms with Crippen molar-refractivity contribution >= 4 is 10.0 Å². The molecule has 0 saturated carbocycles. The molecule has 90 valence electrons. The highest BCUT2D eigenvalue weighted by Gasteiger charge is 2.28. The van der Waals surface area contributed by atoms with Crippen LogP contribution in [0.5, 0.6) is 0 Å². The maximum absolute atomic E-state index is 12.0. The Kier molecular flexibility index (Phi) is 4.55. The van der Waals surface area contributed by atoms with Crippen molar-refractivity contribution in [2.24, 2.45) is 5.92 Å². The SMILES string of the molecule is CC(C)CN1C(C)CNCCCS1(=O)=O. The molecule has 0 aliphatic carbocycles. The van der Waals surface area contributed by atoms with Gasteiger partial charge in [-0.2, -0.15) is 4.31 Å². The Labute approximate surface area is 93.1 Å². The van der Waals surface area contributed by atoms with E-state index < -0.39 is 10.0 Å². The summed E-state index contributed by atoms with van der Waals surface area (Å²) in [6.07, 6.45) is 0.712. The van der Waals surface area contributed by atoms with Gasteiger partial charge in [-0.25, -0.2) is 8.42 Å². The molecule has 1 saturated heterocycles. The van der Waals surface area contributed by atoms with Crippen LogP contribution in [0.25, 0.3) is 0 Å². The second kappa shape index (κ2) is 5.27. The van der Waals surface area contributed by atoms with Gasteiger partial charge in [-0.15, -0.1) is 0 Å². The van der Waals surface area contributed by atoms with Crippen LogP contribution in [0.2, 0.25) is 0 Å². The molecular formula is C10H22N2O2S. The fourth-order valence-electron chi connectivity index (χ4n) is 1.84. The Morgan fingerprint density at radius 2 is 2.13 bits per heavy atom. The molecule has 1 N–H and O–H groups in total. The highest BCUT2D eigenvalue weighted by atomic mass is 32.2. The standard InChI is InChI=1S/C10H22N2O2S/c1-9(2)8-12-10(3)7-11-5-4-6-15(12,13)14/h9-11H,4-8H2,1-3H3. The zero-order chi connectivity index (χ0) is 11.5. The van der Waals surface area contributed by atoms with E-state index in [1.165, 1.54) is 0 Å². The average molecular weight is 234 g/mol. The Hall–Kier alpha value is -0.130. The maximum Gasteiger partial charge on any atom is 0.214 e. The van der Waals surface area contributed by atoms with E-state index in [1.54, 1.807) is 4.31 Å². The molecule has 5 heteroatoms. The van der Waals surface area contributed by atoms with Gasteiger partial charge in [0.15, 0.2) is 0 Å². The van der Waals surface area contributed by atoms with Crippen molar-refractivity contribution in [1.29, 1.82) is 0 Å². The third kappa shape index (κ3) is 3.74. The first-order valence-corrected chi connectivity index (χ1v) is 7.24. The second-order valence-electron chi connectivity index (χ2n) is 4.69. The normalized spacial score (nSPS) is 28.7. The van der Waals surface area contributed by atoms with E-state index in [4.69, 9.17) is 0 Å². The van der Waals surface area contributed by atoms with Crippen molar-refractivity contribution in [2.45, 2.75) is 33.2 Å². The topological polar surface area (TPSA) is 49.4 Å². The lowest BCUT2D eigenvalue weighted by molar-refractivity contribution is 0.290. The van der Waals surface area contributed by atoms with Gasteiger partial charge in [-0.3, -0.25) is 0 Å². The molecule has 0 aromatic heterocycles. The van der Waals surface area contributed by atoms with Crippen molar-refractivity contribution in [3.63, 3.8) is 0 Å². The van der Waals surface area contributed by atoms with Crippen LogP contribution < -0.4 is 5.32 Å². The molecule has 1 heterocycles. The molecule has 0 aromatic carbocycles. The summed E-state index contributed by atoms with van der Waals surface area (Å²) in [5, 5.41) is 3.27. The summed E-state index contributed by atoms with van der Waals surface area (Å²) in [5.74, 6) is 0.651. The van der Waals surface area contributed by atoms with E-state index in [2.05, 4.69) is 19.2 Å². The van der Waals surface area contributed by atoms with Crippen LogP contribution in [-0.2, 0) is 10.0 Å². The molecule has 0 aromatic rings. The van der Waals surface area contributed by atoms with Crippen LogP contribution in [0.15, 0.2) is 0 Å². The molecule has 1 unspecified atom stereocenters. The Morgan fingerprint density at radius 3 is 2.73 bits per heavy atom. The lowest BCUT2D eigenvalue weighted by Gasteiger charge is -2.31. The van der Waals surface area contributed by atoms with E-state index in [9.17, 15) is 8.42 Å². The van der Waals surface area contributed by atoms with Crippen molar-refractivity contribution < 1.29 is 8.42 Å². The van der Waals surface area contributed by atoms with Gasteiger partial charge in [0.25, 0.3) is 0 Å². The molecule has 1 atom stereocenters. The minimum absolute atomic E-state index is 0.0673. The number of rotatable bonds is 2. The first-order valence-electron chi connectivity index (χ1n) is 5.63. The first kappa shape index (κ1) is 12.9. The highest BCUT2D eigenvalue weighted by Crippen LogP contribution is 2.13. The van der Waals surface area contributed by atoms with Gasteiger partial charge in [0.05, 0.1) is 5.75 Å². The zero-order valence-electron chi connectivity index (χ0n) is 9.86. The minimum atomic E-state index is -3.03. The molecule has 0 spiro atoms. The van der Waals surface area contributed by atoms with Crippen LogP contribution in [-0.4, -0.2) is 44.2 Å². The summed E-state index contributed by atoms with van der Waals surface area (Å²) < 4.78 is 25.7. The van der Waals surface area contributed by atoms with Crippen molar-refractivity contribution in [2.75, 3.05) is 25.4 Å². The van der Waals surface area contributed by atoms with Gasteiger partial charge in [-0.1, -0.05) is 13.8 Å². The molecule has 1 rings (SSSR count). The van der Waals surface area contributed by atoms with Crippen molar-refractivity contribution in [3.05, 3.63) is 0 Å². The number of sulfonamides is 1. The maximum atomic E-state index is 12.0. The molecule has 4 nitrogen and oxygen atoms in total. The van der Waals surface area contributed by atoms with Gasteiger partial charge in [-0.05, 0) is 25.8 Å². The molecule has 0 bridgehead atoms. The summed E-state index contributed by atoms with van der Waals surface area (Å²) in [4.78, 5) is 0. The van der Waals surface area contributed by atoms with Gasteiger partial charge in [0, 0.05) is 19.1 Å². The van der Waals surface area contributed by atoms with E-state index in [0.717, 1.165) is 13.1 Å². The van der Waals surface area contributed by atoms with Crippen LogP contribution in [0, 0.1) is 5.92 Å². The number of hydrogen-bond donors (Lipinski definition) is 1. The van der Waals surface area contributed by atoms with Gasteiger partial charge < -0.3 is 5.32 Å². The predicted octanol–water partition coefficient (Wildman–Crippen LogP) is 0.656. The summed E-state index contributed by atoms with van der Waals surface area (Å²) in [6, 6.07) is 0.0673. The van der Waals surface area contributed by atoms with Crippen molar-refractivity contribution in [1.82, 2.24) is 9.62 Å². The number of nitrogens with zero attached hydrogens (tertiary/aromatic N) is 1. The summed E-state index contributed by atoms with van der Waals surface area (Å²) >= 11 is 0. The smallest absolute Gasteiger partial charge is 0.214 e. The quantitative estimate of drug-likeness (QED) is 0.763. The third-order valence-electron chi connectivity index (χ3n) is 2.59. The fraction of sp³-hybridized carbons (Fsp3) is 1.00. The minimum Gasteiger partial charge on any atom is -0.315 e. The number of hydrogen-bond acceptors (Lipinski definition) is 3. The molecule has 0 amide bonds. The monoisotopic (exact) mass is 234 g/mol. The van der Waals surface area contributed by atoms with Crippen LogP contribution >= 0.6 is 0 Å². The molecule has 0 radical (unpaired) electrons. The van der Waals surface area contributed by atoms with E-state index >= 15 is 0 Å². The summed E-state index contributed by atoms with van der Waals surface area (Å²) in [7, 11) is -3.03. The summed E-state index contributed by atoms with van der Waals surface area (Å²) in [5.41, 5.74) is 0. The molecule has 1 aliphatic heterocycles. The Bertz CT molecular complexity index is 288. The molecule has 1 fully saturated rings. The van der Waals surface area contributed by atoms with Gasteiger partial charge in [0.1, 0.15) is 0 Å². The van der Waals surface area contributed by atoms with Crippen molar-refractivity contribution in [3.8, 4) is 0 Å². The Balaban J connectivity index is 2.80. The molecular weight excluding hydrogens is 212 g/mol. The predicted molar refractivity (Wildman–Crippen MR) is 62.3 cm³/mol. The zero-order valence-corrected chi connectivity index (χ0v) is 10.7. The highest BCUT2D eigenvalue weighted by molar-refractivity contribution is 7.89. The van der Waals surface area contributed by atoms with E-state index in [1.807, 2.05) is 6.92 Å². The lowest BCUT2D eigenvalue weighted by atomic mass is 10.2. The van der Waals surface area contributed by atoms with Gasteiger partial charge >= 0.3 is 0 Å². The third-order valence-corrected chi connectivity index (χ3v) is 4.62. The second-order valence-corrected chi connectivity index (χ2v) is 6.73. The van der Waals surface area contributed by atoms with E-state index in [0.29, 0.717) is 18.9 Å². The van der Waals surface area contributed by atoms with Crippen LogP contribution in [0.3, 0.4) is 0 Å². The van der Waals surface area contributed by atoms with Crippen LogP contribution in [0.1, 0.15) is 27.2 Å². The average Bonchev–Trinajstić information content (AvgIpc) is 2.11. The largest absolute Gasteiger partial charge is 0.315 e. The fourth-order valence-corrected chi connectivity index (χ4v) is 3.73. The summed E-state index contributed by atoms with van der Waals surface area (Å²) in [6.45, 7) is 8.26. The van der Waals surface area contributed by atoms with Crippen LogP contribution in [0.4, 0.5) is 0 Å². The number of nitrogens with one attached hydrogen (secondary N) is 1. The van der Waals surface area contributed by atoms with E-state index in [-0.39, 0.29) is 11.8 Å². The van der Waals surface area contributed by atoms with Gasteiger partial charge in [0.2, 0.25) is 10.0 Å². The lowest BCUT2D eigenvalue weighted by Crippen LogP contribution is -2.48. The Morgan fingerprint density at radius 1 is 1.47 bits per heavy atom. The molecule has 1 aliphatic rings. The first-order chi connectivity index (χ1) is 6.93.